The number of nitrogens with one attached hydrogen (secondary N) is 2. The predicted octanol–water partition coefficient (Wildman–Crippen LogP) is 4.90. The van der Waals surface area contributed by atoms with Crippen molar-refractivity contribution in [3.05, 3.63) is 95.7 Å². The van der Waals surface area contributed by atoms with Gasteiger partial charge in [0.15, 0.2) is 16.6 Å². The Labute approximate surface area is 203 Å². The summed E-state index contributed by atoms with van der Waals surface area (Å²) in [5, 5.41) is 7.08. The maximum atomic E-state index is 12.2. The highest BCUT2D eigenvalue weighted by molar-refractivity contribution is 7.80. The lowest BCUT2D eigenvalue weighted by Gasteiger charge is -2.12. The molecule has 0 atom stereocenters. The van der Waals surface area contributed by atoms with E-state index in [0.717, 1.165) is 39.7 Å². The zero-order valence-corrected chi connectivity index (χ0v) is 19.8. The molecule has 0 saturated carbocycles. The maximum Gasteiger partial charge on any atom is 0.230 e. The normalized spacial score (nSPS) is 10.5. The first-order valence-corrected chi connectivity index (χ1v) is 11.2. The smallest absolute Gasteiger partial charge is 0.230 e. The number of methoxy groups -OCH3 is 2. The van der Waals surface area contributed by atoms with E-state index in [2.05, 4.69) is 15.6 Å². The van der Waals surface area contributed by atoms with Crippen molar-refractivity contribution in [2.75, 3.05) is 19.5 Å². The van der Waals surface area contributed by atoms with Gasteiger partial charge in [0, 0.05) is 23.3 Å². The molecule has 4 aromatic rings. The van der Waals surface area contributed by atoms with Gasteiger partial charge in [-0.25, -0.2) is 0 Å². The molecule has 1 heterocycles. The number of carbonyl (C=O) groups excluding carboxylic acids is 1. The minimum Gasteiger partial charge on any atom is -0.493 e. The van der Waals surface area contributed by atoms with Crippen molar-refractivity contribution in [1.29, 1.82) is 0 Å². The molecule has 0 aliphatic rings. The molecule has 6 nitrogen and oxygen atoms in total. The lowest BCUT2D eigenvalue weighted by atomic mass is 10.0. The van der Waals surface area contributed by atoms with E-state index in [0.29, 0.717) is 11.5 Å². The van der Waals surface area contributed by atoms with E-state index in [9.17, 15) is 4.79 Å². The third-order valence-corrected chi connectivity index (χ3v) is 5.61. The lowest BCUT2D eigenvalue weighted by Crippen LogP contribution is -2.35. The standard InChI is InChI=1S/C27H25N3O3S/c1-32-24-16-22-20(12-13-28-23(22)17-25(24)33-2)14-19-8-10-21(11-9-19)29-27(34)30-26(31)15-18-6-4-3-5-7-18/h3-13,16-17H,14-15H2,1-2H3,(H2,29,30,31,34). The number of ether oxygens (including phenoxy) is 2. The molecule has 0 bridgehead atoms. The number of amides is 1. The summed E-state index contributed by atoms with van der Waals surface area (Å²) in [4.78, 5) is 16.7. The van der Waals surface area contributed by atoms with Gasteiger partial charge in [0.05, 0.1) is 26.2 Å². The molecule has 2 N–H and O–H groups in total. The highest BCUT2D eigenvalue weighted by Gasteiger charge is 2.11. The first-order valence-electron chi connectivity index (χ1n) is 10.8. The summed E-state index contributed by atoms with van der Waals surface area (Å²) in [5.41, 5.74) is 4.86. The summed E-state index contributed by atoms with van der Waals surface area (Å²) >= 11 is 5.29. The Kier molecular flexibility index (Phi) is 7.34. The van der Waals surface area contributed by atoms with Gasteiger partial charge >= 0.3 is 0 Å². The predicted molar refractivity (Wildman–Crippen MR) is 139 cm³/mol. The molecule has 0 aliphatic heterocycles. The zero-order chi connectivity index (χ0) is 23.9. The fourth-order valence-electron chi connectivity index (χ4n) is 3.72. The first-order chi connectivity index (χ1) is 16.6. The van der Waals surface area contributed by atoms with E-state index in [1.54, 1.807) is 20.4 Å². The molecule has 3 aromatic carbocycles. The van der Waals surface area contributed by atoms with E-state index in [-0.39, 0.29) is 17.4 Å². The van der Waals surface area contributed by atoms with E-state index < -0.39 is 0 Å². The summed E-state index contributed by atoms with van der Waals surface area (Å²) in [6.07, 6.45) is 2.81. The summed E-state index contributed by atoms with van der Waals surface area (Å²) in [6.45, 7) is 0. The third-order valence-electron chi connectivity index (χ3n) is 5.40. The van der Waals surface area contributed by atoms with E-state index in [1.165, 1.54) is 0 Å². The lowest BCUT2D eigenvalue weighted by molar-refractivity contribution is -0.119. The van der Waals surface area contributed by atoms with Gasteiger partial charge in [0.1, 0.15) is 0 Å². The van der Waals surface area contributed by atoms with Gasteiger partial charge in [0.25, 0.3) is 0 Å². The van der Waals surface area contributed by atoms with Crippen molar-refractivity contribution in [3.63, 3.8) is 0 Å². The monoisotopic (exact) mass is 471 g/mol. The van der Waals surface area contributed by atoms with Crippen LogP contribution in [0.4, 0.5) is 5.69 Å². The summed E-state index contributed by atoms with van der Waals surface area (Å²) < 4.78 is 10.9. The number of anilines is 1. The minimum absolute atomic E-state index is 0.156. The van der Waals surface area contributed by atoms with Gasteiger partial charge in [-0.1, -0.05) is 42.5 Å². The van der Waals surface area contributed by atoms with E-state index in [4.69, 9.17) is 21.7 Å². The molecule has 172 valence electrons. The summed E-state index contributed by atoms with van der Waals surface area (Å²) in [6, 6.07) is 23.4. The Bertz CT molecular complexity index is 1310. The Balaban J connectivity index is 1.40. The highest BCUT2D eigenvalue weighted by Crippen LogP contribution is 2.33. The van der Waals surface area contributed by atoms with Crippen LogP contribution in [0.2, 0.25) is 0 Å². The van der Waals surface area contributed by atoms with Crippen LogP contribution in [0.1, 0.15) is 16.7 Å². The summed E-state index contributed by atoms with van der Waals surface area (Å²) in [7, 11) is 3.24. The molecule has 0 fully saturated rings. The van der Waals surface area contributed by atoms with Gasteiger partial charge in [0.2, 0.25) is 5.91 Å². The van der Waals surface area contributed by atoms with Crippen LogP contribution in [0.15, 0.2) is 79.0 Å². The molecule has 0 spiro atoms. The Morgan fingerprint density at radius 1 is 0.912 bits per heavy atom. The number of nitrogens with zero attached hydrogens (tertiary/aromatic N) is 1. The molecule has 34 heavy (non-hydrogen) atoms. The van der Waals surface area contributed by atoms with Crippen LogP contribution in [0, 0.1) is 0 Å². The second-order valence-corrected chi connectivity index (χ2v) is 8.14. The zero-order valence-electron chi connectivity index (χ0n) is 19.0. The summed E-state index contributed by atoms with van der Waals surface area (Å²) in [5.74, 6) is 1.17. The largest absolute Gasteiger partial charge is 0.493 e. The number of benzene rings is 3. The second-order valence-electron chi connectivity index (χ2n) is 7.73. The van der Waals surface area contributed by atoms with E-state index in [1.807, 2.05) is 72.8 Å². The SMILES string of the molecule is COc1cc2nccc(Cc3ccc(NC(=S)NC(=O)Cc4ccccc4)cc3)c2cc1OC. The number of rotatable bonds is 7. The van der Waals surface area contributed by atoms with Crippen LogP contribution < -0.4 is 20.1 Å². The van der Waals surface area contributed by atoms with Gasteiger partial charge in [-0.05, 0) is 59.6 Å². The molecule has 0 aliphatic carbocycles. The fourth-order valence-corrected chi connectivity index (χ4v) is 3.96. The first kappa shape index (κ1) is 23.2. The topological polar surface area (TPSA) is 72.5 Å². The number of aromatic nitrogens is 1. The quantitative estimate of drug-likeness (QED) is 0.374. The van der Waals surface area contributed by atoms with Gasteiger partial charge < -0.3 is 20.1 Å². The molecule has 7 heteroatoms. The van der Waals surface area contributed by atoms with Crippen molar-refractivity contribution in [1.82, 2.24) is 10.3 Å². The Hall–Kier alpha value is -3.97. The Morgan fingerprint density at radius 3 is 2.32 bits per heavy atom. The van der Waals surface area contributed by atoms with Gasteiger partial charge in [-0.15, -0.1) is 0 Å². The molecule has 4 rings (SSSR count). The highest BCUT2D eigenvalue weighted by atomic mass is 32.1. The van der Waals surface area contributed by atoms with Crippen molar-refractivity contribution in [2.45, 2.75) is 12.8 Å². The molecule has 1 aromatic heterocycles. The molecule has 1 amide bonds. The Morgan fingerprint density at radius 2 is 1.62 bits per heavy atom. The van der Waals surface area contributed by atoms with Crippen LogP contribution in [0.25, 0.3) is 10.9 Å². The van der Waals surface area contributed by atoms with Crippen molar-refractivity contribution in [3.8, 4) is 11.5 Å². The number of hydrogen-bond acceptors (Lipinski definition) is 5. The van der Waals surface area contributed by atoms with Crippen LogP contribution in [-0.2, 0) is 17.6 Å². The third kappa shape index (κ3) is 5.68. The van der Waals surface area contributed by atoms with Crippen molar-refractivity contribution < 1.29 is 14.3 Å². The molecule has 0 saturated heterocycles. The maximum absolute atomic E-state index is 12.2. The van der Waals surface area contributed by atoms with Gasteiger partial charge in [-0.2, -0.15) is 0 Å². The van der Waals surface area contributed by atoms with Crippen LogP contribution in [-0.4, -0.2) is 30.2 Å². The van der Waals surface area contributed by atoms with Gasteiger partial charge in [-0.3, -0.25) is 9.78 Å². The number of hydrogen-bond donors (Lipinski definition) is 2. The van der Waals surface area contributed by atoms with Crippen LogP contribution >= 0.6 is 12.2 Å². The van der Waals surface area contributed by atoms with Crippen LogP contribution in [0.3, 0.4) is 0 Å². The number of fused-ring (bicyclic) bond motifs is 1. The fraction of sp³-hybridized carbons (Fsp3) is 0.148. The second kappa shape index (κ2) is 10.8. The average molecular weight is 472 g/mol. The van der Waals surface area contributed by atoms with Crippen LogP contribution in [0.5, 0.6) is 11.5 Å². The molecule has 0 unspecified atom stereocenters. The molecular weight excluding hydrogens is 446 g/mol. The van der Waals surface area contributed by atoms with Crippen molar-refractivity contribution >= 4 is 39.8 Å². The molecular formula is C27H25N3O3S. The number of carbonyl (C=O) groups is 1. The molecule has 0 radical (unpaired) electrons. The average Bonchev–Trinajstić information content (AvgIpc) is 2.85. The number of thiocarbonyl (C=S) groups is 1. The van der Waals surface area contributed by atoms with Crippen molar-refractivity contribution in [2.24, 2.45) is 0 Å². The minimum atomic E-state index is -0.156. The number of pyridine rings is 1. The van der Waals surface area contributed by atoms with E-state index >= 15 is 0 Å².